The molecule has 0 radical (unpaired) electrons. The summed E-state index contributed by atoms with van der Waals surface area (Å²) in [6.45, 7) is 3.72. The molecule has 1 aliphatic carbocycles. The molecular formula is C15H19N3O. The number of carbonyl (C=O) groups excluding carboxylic acids is 1. The Morgan fingerprint density at radius 3 is 2.89 bits per heavy atom. The van der Waals surface area contributed by atoms with Gasteiger partial charge in [0.15, 0.2) is 0 Å². The Labute approximate surface area is 114 Å². The average Bonchev–Trinajstić information content (AvgIpc) is 2.40. The van der Waals surface area contributed by atoms with Gasteiger partial charge in [0.1, 0.15) is 5.69 Å². The molecule has 100 valence electrons. The maximum absolute atomic E-state index is 12.0. The lowest BCUT2D eigenvalue weighted by molar-refractivity contribution is 0.0918. The Hall–Kier alpha value is -1.89. The average molecular weight is 257 g/mol. The summed E-state index contributed by atoms with van der Waals surface area (Å²) in [5.41, 5.74) is 1.20. The van der Waals surface area contributed by atoms with E-state index >= 15 is 0 Å². The molecule has 4 heteroatoms. The van der Waals surface area contributed by atoms with Crippen LogP contribution in [0.5, 0.6) is 0 Å². The van der Waals surface area contributed by atoms with Crippen molar-refractivity contribution in [3.05, 3.63) is 23.8 Å². The van der Waals surface area contributed by atoms with Crippen molar-refractivity contribution in [2.45, 2.75) is 45.6 Å². The van der Waals surface area contributed by atoms with E-state index in [1.165, 1.54) is 6.20 Å². The standard InChI is InChI=1S/C15H19N3O/c1-3-5-12-6-4-7-13(8-12)18-15(19)14-10-16-11(2)9-17-14/h9-10,12-13H,4,6-8H2,1-2H3,(H,18,19). The summed E-state index contributed by atoms with van der Waals surface area (Å²) in [5, 5.41) is 3.03. The number of nitrogens with one attached hydrogen (secondary N) is 1. The van der Waals surface area contributed by atoms with Gasteiger partial charge in [0.05, 0.1) is 11.9 Å². The van der Waals surface area contributed by atoms with Crippen LogP contribution in [-0.4, -0.2) is 21.9 Å². The van der Waals surface area contributed by atoms with Crippen molar-refractivity contribution in [1.82, 2.24) is 15.3 Å². The summed E-state index contributed by atoms with van der Waals surface area (Å²) in [5.74, 6) is 6.44. The molecule has 2 rings (SSSR count). The van der Waals surface area contributed by atoms with Gasteiger partial charge in [-0.2, -0.15) is 0 Å². The van der Waals surface area contributed by atoms with Crippen molar-refractivity contribution in [3.63, 3.8) is 0 Å². The maximum atomic E-state index is 12.0. The number of hydrogen-bond acceptors (Lipinski definition) is 3. The minimum atomic E-state index is -0.136. The predicted octanol–water partition coefficient (Wildman–Crippen LogP) is 2.10. The van der Waals surface area contributed by atoms with E-state index in [0.717, 1.165) is 31.4 Å². The largest absolute Gasteiger partial charge is 0.348 e. The lowest BCUT2D eigenvalue weighted by atomic mass is 9.86. The first-order valence-corrected chi connectivity index (χ1v) is 6.71. The number of carbonyl (C=O) groups is 1. The molecular weight excluding hydrogens is 238 g/mol. The second-order valence-electron chi connectivity index (χ2n) is 4.97. The molecule has 4 nitrogen and oxygen atoms in total. The first kappa shape index (κ1) is 13.5. The molecule has 0 aliphatic heterocycles. The number of rotatable bonds is 2. The molecule has 2 unspecified atom stereocenters. The van der Waals surface area contributed by atoms with Crippen molar-refractivity contribution in [1.29, 1.82) is 0 Å². The third-order valence-corrected chi connectivity index (χ3v) is 3.37. The van der Waals surface area contributed by atoms with E-state index in [2.05, 4.69) is 27.1 Å². The second-order valence-corrected chi connectivity index (χ2v) is 4.97. The lowest BCUT2D eigenvalue weighted by Crippen LogP contribution is -2.38. The molecule has 2 atom stereocenters. The highest BCUT2D eigenvalue weighted by atomic mass is 16.1. The van der Waals surface area contributed by atoms with Gasteiger partial charge in [-0.25, -0.2) is 4.98 Å². The van der Waals surface area contributed by atoms with Crippen molar-refractivity contribution >= 4 is 5.91 Å². The molecule has 0 bridgehead atoms. The molecule has 1 heterocycles. The van der Waals surface area contributed by atoms with Crippen molar-refractivity contribution in [2.75, 3.05) is 0 Å². The van der Waals surface area contributed by atoms with Crippen LogP contribution in [0.2, 0.25) is 0 Å². The monoisotopic (exact) mass is 257 g/mol. The Bertz CT molecular complexity index is 498. The molecule has 0 aromatic carbocycles. The van der Waals surface area contributed by atoms with Gasteiger partial charge in [0.2, 0.25) is 0 Å². The molecule has 1 aromatic rings. The van der Waals surface area contributed by atoms with Crippen LogP contribution in [0.25, 0.3) is 0 Å². The molecule has 19 heavy (non-hydrogen) atoms. The topological polar surface area (TPSA) is 54.9 Å². The fourth-order valence-corrected chi connectivity index (χ4v) is 2.43. The minimum Gasteiger partial charge on any atom is -0.348 e. The van der Waals surface area contributed by atoms with Crippen LogP contribution in [-0.2, 0) is 0 Å². The predicted molar refractivity (Wildman–Crippen MR) is 73.4 cm³/mol. The summed E-state index contributed by atoms with van der Waals surface area (Å²) in [4.78, 5) is 20.2. The minimum absolute atomic E-state index is 0.136. The van der Waals surface area contributed by atoms with E-state index in [-0.39, 0.29) is 11.9 Å². The highest BCUT2D eigenvalue weighted by molar-refractivity contribution is 5.92. The number of aryl methyl sites for hydroxylation is 1. The van der Waals surface area contributed by atoms with Crippen LogP contribution in [0.4, 0.5) is 0 Å². The van der Waals surface area contributed by atoms with E-state index in [1.54, 1.807) is 6.20 Å². The summed E-state index contributed by atoms with van der Waals surface area (Å²) in [7, 11) is 0. The van der Waals surface area contributed by atoms with Gasteiger partial charge in [-0.1, -0.05) is 6.42 Å². The van der Waals surface area contributed by atoms with Gasteiger partial charge in [-0.15, -0.1) is 11.8 Å². The highest BCUT2D eigenvalue weighted by Crippen LogP contribution is 2.23. The van der Waals surface area contributed by atoms with Crippen LogP contribution in [0.15, 0.2) is 12.4 Å². The third kappa shape index (κ3) is 3.78. The van der Waals surface area contributed by atoms with Crippen LogP contribution >= 0.6 is 0 Å². The summed E-state index contributed by atoms with van der Waals surface area (Å²) < 4.78 is 0. The maximum Gasteiger partial charge on any atom is 0.271 e. The zero-order valence-corrected chi connectivity index (χ0v) is 11.4. The molecule has 1 aromatic heterocycles. The molecule has 1 aliphatic rings. The summed E-state index contributed by atoms with van der Waals surface area (Å²) >= 11 is 0. The first-order chi connectivity index (χ1) is 9.19. The molecule has 1 fully saturated rings. The van der Waals surface area contributed by atoms with Gasteiger partial charge in [0, 0.05) is 18.2 Å². The van der Waals surface area contributed by atoms with Gasteiger partial charge in [0.25, 0.3) is 5.91 Å². The summed E-state index contributed by atoms with van der Waals surface area (Å²) in [6.07, 6.45) is 7.35. The SMILES string of the molecule is CC#CC1CCCC(NC(=O)c2cnc(C)cn2)C1. The zero-order chi connectivity index (χ0) is 13.7. The van der Waals surface area contributed by atoms with Gasteiger partial charge >= 0.3 is 0 Å². The smallest absolute Gasteiger partial charge is 0.271 e. The Balaban J connectivity index is 1.94. The first-order valence-electron chi connectivity index (χ1n) is 6.71. The van der Waals surface area contributed by atoms with Crippen molar-refractivity contribution in [3.8, 4) is 11.8 Å². The second kappa shape index (κ2) is 6.33. The molecule has 1 N–H and O–H groups in total. The number of amides is 1. The third-order valence-electron chi connectivity index (χ3n) is 3.37. The van der Waals surface area contributed by atoms with E-state index in [0.29, 0.717) is 11.6 Å². The summed E-state index contributed by atoms with van der Waals surface area (Å²) in [6, 6.07) is 0.204. The Morgan fingerprint density at radius 2 is 2.21 bits per heavy atom. The van der Waals surface area contributed by atoms with Gasteiger partial charge in [-0.3, -0.25) is 9.78 Å². The fourth-order valence-electron chi connectivity index (χ4n) is 2.43. The van der Waals surface area contributed by atoms with E-state index in [4.69, 9.17) is 0 Å². The van der Waals surface area contributed by atoms with E-state index in [9.17, 15) is 4.79 Å². The van der Waals surface area contributed by atoms with E-state index < -0.39 is 0 Å². The Kier molecular flexibility index (Phi) is 4.51. The molecule has 0 spiro atoms. The quantitative estimate of drug-likeness (QED) is 0.825. The Morgan fingerprint density at radius 1 is 1.37 bits per heavy atom. The van der Waals surface area contributed by atoms with Crippen LogP contribution < -0.4 is 5.32 Å². The number of hydrogen-bond donors (Lipinski definition) is 1. The van der Waals surface area contributed by atoms with Gasteiger partial charge < -0.3 is 5.32 Å². The number of nitrogens with zero attached hydrogens (tertiary/aromatic N) is 2. The molecule has 0 saturated heterocycles. The van der Waals surface area contributed by atoms with E-state index in [1.807, 2.05) is 13.8 Å². The van der Waals surface area contributed by atoms with Crippen LogP contribution in [0, 0.1) is 24.7 Å². The zero-order valence-electron chi connectivity index (χ0n) is 11.4. The van der Waals surface area contributed by atoms with Crippen molar-refractivity contribution < 1.29 is 4.79 Å². The highest BCUT2D eigenvalue weighted by Gasteiger charge is 2.22. The molecule has 1 amide bonds. The van der Waals surface area contributed by atoms with Crippen LogP contribution in [0.1, 0.15) is 48.8 Å². The van der Waals surface area contributed by atoms with Gasteiger partial charge in [-0.05, 0) is 33.1 Å². The van der Waals surface area contributed by atoms with Crippen LogP contribution in [0.3, 0.4) is 0 Å². The molecule has 1 saturated carbocycles. The van der Waals surface area contributed by atoms with Crippen molar-refractivity contribution in [2.24, 2.45) is 5.92 Å². The fraction of sp³-hybridized carbons (Fsp3) is 0.533. The lowest BCUT2D eigenvalue weighted by Gasteiger charge is -2.26. The number of aromatic nitrogens is 2. The normalized spacial score (nSPS) is 22.2.